The van der Waals surface area contributed by atoms with Crippen LogP contribution in [0.2, 0.25) is 0 Å². The van der Waals surface area contributed by atoms with Crippen LogP contribution in [-0.2, 0) is 15.3 Å². The van der Waals surface area contributed by atoms with Crippen molar-refractivity contribution in [2.75, 3.05) is 0 Å². The molecule has 6 heteroatoms. The van der Waals surface area contributed by atoms with Gasteiger partial charge in [-0.05, 0) is 20.8 Å². The smallest absolute Gasteiger partial charge is 0.318 e. The number of aliphatic hydroxyl groups is 2. The Balaban J connectivity index is 2.16. The van der Waals surface area contributed by atoms with E-state index < -0.39 is 35.1 Å². The van der Waals surface area contributed by atoms with Crippen molar-refractivity contribution in [3.8, 4) is 0 Å². The minimum atomic E-state index is -2.35. The molecule has 6 nitrogen and oxygen atoms in total. The van der Waals surface area contributed by atoms with Gasteiger partial charge in [-0.3, -0.25) is 14.6 Å². The zero-order chi connectivity index (χ0) is 16.3. The van der Waals surface area contributed by atoms with Crippen molar-refractivity contribution in [3.63, 3.8) is 0 Å². The summed E-state index contributed by atoms with van der Waals surface area (Å²) in [6.07, 6.45) is -0.406. The van der Waals surface area contributed by atoms with Crippen LogP contribution in [0.5, 0.6) is 0 Å². The molecule has 2 aliphatic rings. The van der Waals surface area contributed by atoms with Crippen molar-refractivity contribution in [3.05, 3.63) is 35.4 Å². The molecule has 3 rings (SSSR count). The first kappa shape index (κ1) is 14.9. The maximum Gasteiger partial charge on any atom is 0.318 e. The molecule has 0 saturated carbocycles. The molecule has 0 aromatic heterocycles. The Hall–Kier alpha value is -2.05. The average molecular weight is 303 g/mol. The summed E-state index contributed by atoms with van der Waals surface area (Å²) in [5.74, 6) is -2.80. The minimum absolute atomic E-state index is 0.172. The summed E-state index contributed by atoms with van der Waals surface area (Å²) in [4.78, 5) is 29.0. The van der Waals surface area contributed by atoms with E-state index in [9.17, 15) is 19.8 Å². The summed E-state index contributed by atoms with van der Waals surface area (Å²) in [5, 5.41) is 21.8. The van der Waals surface area contributed by atoms with Crippen LogP contribution >= 0.6 is 0 Å². The van der Waals surface area contributed by atoms with Crippen LogP contribution in [0.25, 0.3) is 0 Å². The number of esters is 1. The van der Waals surface area contributed by atoms with Crippen LogP contribution in [0, 0.1) is 5.92 Å². The van der Waals surface area contributed by atoms with Crippen LogP contribution in [0.15, 0.2) is 29.3 Å². The highest BCUT2D eigenvalue weighted by atomic mass is 16.5. The van der Waals surface area contributed by atoms with Crippen molar-refractivity contribution >= 4 is 17.5 Å². The monoisotopic (exact) mass is 303 g/mol. The van der Waals surface area contributed by atoms with Gasteiger partial charge in [0.15, 0.2) is 5.60 Å². The highest BCUT2D eigenvalue weighted by molar-refractivity contribution is 6.18. The minimum Gasteiger partial charge on any atom is -0.462 e. The molecule has 1 heterocycles. The Morgan fingerprint density at radius 1 is 1.32 bits per heavy atom. The number of hydrogen-bond donors (Lipinski definition) is 2. The molecule has 2 N–H and O–H groups in total. The van der Waals surface area contributed by atoms with Crippen molar-refractivity contribution in [1.82, 2.24) is 0 Å². The van der Waals surface area contributed by atoms with Gasteiger partial charge in [0.1, 0.15) is 5.92 Å². The van der Waals surface area contributed by atoms with Crippen molar-refractivity contribution in [2.24, 2.45) is 10.9 Å². The van der Waals surface area contributed by atoms with Gasteiger partial charge in [-0.1, -0.05) is 24.3 Å². The van der Waals surface area contributed by atoms with E-state index in [0.717, 1.165) is 0 Å². The summed E-state index contributed by atoms with van der Waals surface area (Å²) < 4.78 is 5.13. The Morgan fingerprint density at radius 2 is 1.95 bits per heavy atom. The van der Waals surface area contributed by atoms with Gasteiger partial charge in [0.2, 0.25) is 11.5 Å². The Kier molecular flexibility index (Phi) is 3.02. The number of fused-ring (bicyclic) bond motifs is 3. The van der Waals surface area contributed by atoms with E-state index in [0.29, 0.717) is 0 Å². The number of hydrogen-bond acceptors (Lipinski definition) is 6. The molecule has 1 aromatic carbocycles. The van der Waals surface area contributed by atoms with E-state index in [1.54, 1.807) is 26.0 Å². The number of carbonyl (C=O) groups excluding carboxylic acids is 2. The largest absolute Gasteiger partial charge is 0.462 e. The molecular weight excluding hydrogens is 286 g/mol. The van der Waals surface area contributed by atoms with Crippen molar-refractivity contribution < 1.29 is 24.5 Å². The van der Waals surface area contributed by atoms with E-state index >= 15 is 0 Å². The number of benzene rings is 1. The highest BCUT2D eigenvalue weighted by Crippen LogP contribution is 2.53. The molecular formula is C16H17NO5. The fourth-order valence-corrected chi connectivity index (χ4v) is 3.30. The van der Waals surface area contributed by atoms with Gasteiger partial charge < -0.3 is 14.9 Å². The number of carbonyl (C=O) groups is 2. The second-order valence-electron chi connectivity index (χ2n) is 5.99. The number of aliphatic imine (C=N–C) groups is 1. The van der Waals surface area contributed by atoms with Crippen LogP contribution in [0.3, 0.4) is 0 Å². The molecule has 116 valence electrons. The lowest BCUT2D eigenvalue weighted by atomic mass is 9.79. The third-order valence-corrected chi connectivity index (χ3v) is 4.19. The second kappa shape index (κ2) is 4.47. The summed E-state index contributed by atoms with van der Waals surface area (Å²) in [6.45, 7) is 4.83. The van der Waals surface area contributed by atoms with Crippen LogP contribution in [0.4, 0.5) is 0 Å². The van der Waals surface area contributed by atoms with Crippen molar-refractivity contribution in [1.29, 1.82) is 0 Å². The fourth-order valence-electron chi connectivity index (χ4n) is 3.30. The van der Waals surface area contributed by atoms with E-state index in [-0.39, 0.29) is 16.8 Å². The van der Waals surface area contributed by atoms with Gasteiger partial charge in [-0.2, -0.15) is 0 Å². The third-order valence-electron chi connectivity index (χ3n) is 4.19. The lowest BCUT2D eigenvalue weighted by Crippen LogP contribution is -2.56. The number of Topliss-reactive ketones (excluding diaryl/α,β-unsaturated/α-hetero) is 1. The van der Waals surface area contributed by atoms with Gasteiger partial charge in [0.05, 0.1) is 6.10 Å². The van der Waals surface area contributed by atoms with Gasteiger partial charge >= 0.3 is 5.97 Å². The molecule has 0 spiro atoms. The first-order valence-corrected chi connectivity index (χ1v) is 7.09. The Labute approximate surface area is 127 Å². The summed E-state index contributed by atoms with van der Waals surface area (Å²) >= 11 is 0. The maximum atomic E-state index is 12.7. The number of rotatable bonds is 2. The Morgan fingerprint density at radius 3 is 2.59 bits per heavy atom. The molecule has 1 aliphatic heterocycles. The standard InChI is InChI=1S/C16H17NO5/c1-8(2)22-14(19)12-9(3)17-16(21)11-7-5-4-6-10(11)13(18)15(12,16)20/h4-8,12,20-21H,1-3H3. The van der Waals surface area contributed by atoms with Gasteiger partial charge in [-0.15, -0.1) is 0 Å². The fraction of sp³-hybridized carbons (Fsp3) is 0.438. The van der Waals surface area contributed by atoms with E-state index in [1.165, 1.54) is 19.1 Å². The molecule has 0 radical (unpaired) electrons. The topological polar surface area (TPSA) is 96.2 Å². The van der Waals surface area contributed by atoms with Gasteiger partial charge in [0.25, 0.3) is 0 Å². The summed E-state index contributed by atoms with van der Waals surface area (Å²) in [6, 6.07) is 6.29. The van der Waals surface area contributed by atoms with Crippen LogP contribution in [-0.4, -0.2) is 39.4 Å². The molecule has 22 heavy (non-hydrogen) atoms. The van der Waals surface area contributed by atoms with Gasteiger partial charge in [0, 0.05) is 16.8 Å². The summed E-state index contributed by atoms with van der Waals surface area (Å²) in [5.41, 5.74) is -3.94. The predicted octanol–water partition coefficient (Wildman–Crippen LogP) is 0.801. The third kappa shape index (κ3) is 1.59. The molecule has 0 bridgehead atoms. The van der Waals surface area contributed by atoms with Gasteiger partial charge in [-0.25, -0.2) is 0 Å². The molecule has 0 saturated heterocycles. The predicted molar refractivity (Wildman–Crippen MR) is 77.4 cm³/mol. The maximum absolute atomic E-state index is 12.7. The lowest BCUT2D eigenvalue weighted by Gasteiger charge is -2.32. The quantitative estimate of drug-likeness (QED) is 0.788. The van der Waals surface area contributed by atoms with E-state index in [2.05, 4.69) is 4.99 Å². The zero-order valence-electron chi connectivity index (χ0n) is 12.5. The number of ether oxygens (including phenoxy) is 1. The first-order valence-electron chi connectivity index (χ1n) is 7.09. The molecule has 3 unspecified atom stereocenters. The summed E-state index contributed by atoms with van der Waals surface area (Å²) in [7, 11) is 0. The van der Waals surface area contributed by atoms with Crippen molar-refractivity contribution in [2.45, 2.75) is 38.2 Å². The average Bonchev–Trinajstić information content (AvgIpc) is 2.74. The van der Waals surface area contributed by atoms with Crippen LogP contribution in [0.1, 0.15) is 36.7 Å². The van der Waals surface area contributed by atoms with Crippen LogP contribution < -0.4 is 0 Å². The zero-order valence-corrected chi connectivity index (χ0v) is 12.5. The lowest BCUT2D eigenvalue weighted by molar-refractivity contribution is -0.168. The molecule has 0 fully saturated rings. The normalized spacial score (nSPS) is 32.7. The number of ketones is 1. The van der Waals surface area contributed by atoms with E-state index in [1.807, 2.05) is 0 Å². The van der Waals surface area contributed by atoms with E-state index in [4.69, 9.17) is 4.74 Å². The SMILES string of the molecule is CC1=NC2(O)c3ccccc3C(=O)C2(O)C1C(=O)OC(C)C. The molecule has 3 atom stereocenters. The first-order chi connectivity index (χ1) is 10.2. The molecule has 1 aromatic rings. The number of nitrogens with zero attached hydrogens (tertiary/aromatic N) is 1. The molecule has 1 aliphatic carbocycles. The second-order valence-corrected chi connectivity index (χ2v) is 5.99. The Bertz CT molecular complexity index is 710. The molecule has 0 amide bonds. The highest BCUT2D eigenvalue weighted by Gasteiger charge is 2.72.